The fourth-order valence-electron chi connectivity index (χ4n) is 4.05. The average Bonchev–Trinajstić information content (AvgIpc) is 2.72. The summed E-state index contributed by atoms with van der Waals surface area (Å²) in [6.45, 7) is 2.11. The number of nitrogens with one attached hydrogen (secondary N) is 1. The Kier molecular flexibility index (Phi) is 5.12. The minimum atomic E-state index is -0.288. The molecule has 5 heteroatoms. The Labute approximate surface area is 158 Å². The van der Waals surface area contributed by atoms with E-state index >= 15 is 0 Å². The molecule has 4 nitrogen and oxygen atoms in total. The molecule has 1 amide bonds. The second-order valence-corrected chi connectivity index (χ2v) is 7.44. The number of fused-ring (bicyclic) bond motifs is 1. The lowest BCUT2D eigenvalue weighted by molar-refractivity contribution is -0.126. The molecule has 0 spiro atoms. The predicted octanol–water partition coefficient (Wildman–Crippen LogP) is 3.24. The molecule has 1 unspecified atom stereocenters. The first-order valence-corrected chi connectivity index (χ1v) is 9.48. The van der Waals surface area contributed by atoms with E-state index in [0.29, 0.717) is 32.8 Å². The minimum Gasteiger partial charge on any atom is -0.492 e. The van der Waals surface area contributed by atoms with Crippen LogP contribution in [0.3, 0.4) is 0 Å². The van der Waals surface area contributed by atoms with Crippen molar-refractivity contribution in [1.82, 2.24) is 5.32 Å². The highest BCUT2D eigenvalue weighted by Gasteiger charge is 2.36. The first-order valence-electron chi connectivity index (χ1n) is 9.48. The van der Waals surface area contributed by atoms with Gasteiger partial charge in [0.15, 0.2) is 0 Å². The molecule has 0 aromatic heterocycles. The van der Waals surface area contributed by atoms with Crippen LogP contribution in [0, 0.1) is 11.7 Å². The lowest BCUT2D eigenvalue weighted by Gasteiger charge is -2.38. The summed E-state index contributed by atoms with van der Waals surface area (Å²) in [5.41, 5.74) is 1.70. The van der Waals surface area contributed by atoms with Crippen LogP contribution in [0.2, 0.25) is 0 Å². The van der Waals surface area contributed by atoms with Crippen molar-refractivity contribution in [3.63, 3.8) is 0 Å². The number of halogens is 1. The van der Waals surface area contributed by atoms with E-state index in [1.54, 1.807) is 12.1 Å². The minimum absolute atomic E-state index is 0.00762. The molecular formula is C22H24FNO3. The van der Waals surface area contributed by atoms with Gasteiger partial charge >= 0.3 is 0 Å². The maximum atomic E-state index is 13.8. The number of para-hydroxylation sites is 1. The molecule has 0 aliphatic carbocycles. The highest BCUT2D eigenvalue weighted by molar-refractivity contribution is 5.79. The topological polar surface area (TPSA) is 47.6 Å². The molecule has 1 N–H and O–H groups in total. The van der Waals surface area contributed by atoms with Gasteiger partial charge < -0.3 is 14.8 Å². The molecular weight excluding hydrogens is 345 g/mol. The number of amides is 1. The zero-order valence-electron chi connectivity index (χ0n) is 15.2. The Morgan fingerprint density at radius 1 is 1.15 bits per heavy atom. The van der Waals surface area contributed by atoms with Crippen molar-refractivity contribution >= 4 is 5.91 Å². The van der Waals surface area contributed by atoms with E-state index in [1.807, 2.05) is 30.3 Å². The molecule has 142 valence electrons. The number of hydrogen-bond donors (Lipinski definition) is 1. The fraction of sp³-hybridized carbons (Fsp3) is 0.409. The lowest BCUT2D eigenvalue weighted by Crippen LogP contribution is -2.47. The number of carbonyl (C=O) groups excluding carboxylic acids is 1. The Morgan fingerprint density at radius 2 is 1.96 bits per heavy atom. The first-order chi connectivity index (χ1) is 13.2. The van der Waals surface area contributed by atoms with E-state index in [4.69, 9.17) is 9.47 Å². The third-order valence-electron chi connectivity index (χ3n) is 5.74. The van der Waals surface area contributed by atoms with Crippen molar-refractivity contribution in [3.8, 4) is 5.75 Å². The van der Waals surface area contributed by atoms with Crippen LogP contribution in [0.5, 0.6) is 5.75 Å². The normalized spacial score (nSPS) is 21.0. The maximum Gasteiger partial charge on any atom is 0.226 e. The van der Waals surface area contributed by atoms with Crippen molar-refractivity contribution in [2.75, 3.05) is 26.4 Å². The molecule has 1 fully saturated rings. The molecule has 1 atom stereocenters. The van der Waals surface area contributed by atoms with E-state index < -0.39 is 0 Å². The van der Waals surface area contributed by atoms with Crippen molar-refractivity contribution in [3.05, 3.63) is 65.5 Å². The van der Waals surface area contributed by atoms with Gasteiger partial charge in [-0.1, -0.05) is 30.3 Å². The quantitative estimate of drug-likeness (QED) is 0.900. The Balaban J connectivity index is 1.46. The first kappa shape index (κ1) is 18.0. The van der Waals surface area contributed by atoms with Crippen LogP contribution >= 0.6 is 0 Å². The van der Waals surface area contributed by atoms with Crippen molar-refractivity contribution in [2.24, 2.45) is 5.92 Å². The van der Waals surface area contributed by atoms with Crippen LogP contribution in [0.15, 0.2) is 48.5 Å². The Morgan fingerprint density at radius 3 is 2.78 bits per heavy atom. The van der Waals surface area contributed by atoms with Gasteiger partial charge in [-0.2, -0.15) is 0 Å². The van der Waals surface area contributed by atoms with Crippen LogP contribution in [-0.2, 0) is 21.4 Å². The maximum absolute atomic E-state index is 13.8. The zero-order valence-corrected chi connectivity index (χ0v) is 15.2. The summed E-state index contributed by atoms with van der Waals surface area (Å²) in [6.07, 6.45) is 2.21. The highest BCUT2D eigenvalue weighted by Crippen LogP contribution is 2.35. The van der Waals surface area contributed by atoms with Gasteiger partial charge in [0, 0.05) is 25.2 Å². The molecule has 0 saturated carbocycles. The smallest absolute Gasteiger partial charge is 0.226 e. The summed E-state index contributed by atoms with van der Waals surface area (Å²) in [4.78, 5) is 12.8. The molecule has 2 aliphatic rings. The number of benzene rings is 2. The van der Waals surface area contributed by atoms with Gasteiger partial charge in [-0.05, 0) is 48.6 Å². The summed E-state index contributed by atoms with van der Waals surface area (Å²) < 4.78 is 25.0. The Hall–Kier alpha value is -2.40. The van der Waals surface area contributed by atoms with E-state index in [1.165, 1.54) is 6.07 Å². The molecule has 27 heavy (non-hydrogen) atoms. The fourth-order valence-corrected chi connectivity index (χ4v) is 4.05. The summed E-state index contributed by atoms with van der Waals surface area (Å²) in [5, 5.41) is 3.11. The van der Waals surface area contributed by atoms with Crippen LogP contribution < -0.4 is 10.1 Å². The monoisotopic (exact) mass is 369 g/mol. The van der Waals surface area contributed by atoms with Crippen molar-refractivity contribution < 1.29 is 18.7 Å². The van der Waals surface area contributed by atoms with E-state index in [9.17, 15) is 9.18 Å². The van der Waals surface area contributed by atoms with Gasteiger partial charge in [-0.3, -0.25) is 4.79 Å². The Bertz CT molecular complexity index is 817. The second kappa shape index (κ2) is 7.69. The third kappa shape index (κ3) is 3.83. The zero-order chi connectivity index (χ0) is 18.7. The van der Waals surface area contributed by atoms with Gasteiger partial charge in [-0.15, -0.1) is 0 Å². The van der Waals surface area contributed by atoms with Gasteiger partial charge in [0.1, 0.15) is 18.2 Å². The largest absolute Gasteiger partial charge is 0.492 e. The lowest BCUT2D eigenvalue weighted by atomic mass is 9.74. The SMILES string of the molecule is O=C(NCC1(c2cccc(F)c2)CCOCC1)C1COc2ccccc2C1. The van der Waals surface area contributed by atoms with Crippen molar-refractivity contribution in [2.45, 2.75) is 24.7 Å². The second-order valence-electron chi connectivity index (χ2n) is 7.44. The van der Waals surface area contributed by atoms with Crippen LogP contribution in [-0.4, -0.2) is 32.3 Å². The van der Waals surface area contributed by atoms with E-state index in [-0.39, 0.29) is 23.1 Å². The highest BCUT2D eigenvalue weighted by atomic mass is 19.1. The van der Waals surface area contributed by atoms with Crippen LogP contribution in [0.1, 0.15) is 24.0 Å². The summed E-state index contributed by atoms with van der Waals surface area (Å²) in [5.74, 6) is 0.403. The van der Waals surface area contributed by atoms with Gasteiger partial charge in [0.05, 0.1) is 5.92 Å². The molecule has 2 aliphatic heterocycles. The average molecular weight is 369 g/mol. The van der Waals surface area contributed by atoms with Gasteiger partial charge in [0.2, 0.25) is 5.91 Å². The molecule has 2 aromatic rings. The summed E-state index contributed by atoms with van der Waals surface area (Å²) >= 11 is 0. The number of rotatable bonds is 4. The standard InChI is InChI=1S/C22H24FNO3/c23-19-6-3-5-18(13-19)22(8-10-26-11-9-22)15-24-21(25)17-12-16-4-1-2-7-20(16)27-14-17/h1-7,13,17H,8-12,14-15H2,(H,24,25). The van der Waals surface area contributed by atoms with Gasteiger partial charge in [0.25, 0.3) is 0 Å². The van der Waals surface area contributed by atoms with Crippen molar-refractivity contribution in [1.29, 1.82) is 0 Å². The predicted molar refractivity (Wildman–Crippen MR) is 100 cm³/mol. The molecule has 0 radical (unpaired) electrons. The molecule has 4 rings (SSSR count). The summed E-state index contributed by atoms with van der Waals surface area (Å²) in [7, 11) is 0. The number of ether oxygens (including phenoxy) is 2. The summed E-state index contributed by atoms with van der Waals surface area (Å²) in [6, 6.07) is 14.5. The molecule has 2 heterocycles. The van der Waals surface area contributed by atoms with Gasteiger partial charge in [-0.25, -0.2) is 4.39 Å². The van der Waals surface area contributed by atoms with Crippen LogP contribution in [0.25, 0.3) is 0 Å². The van der Waals surface area contributed by atoms with E-state index in [2.05, 4.69) is 5.32 Å². The van der Waals surface area contributed by atoms with E-state index in [0.717, 1.165) is 29.7 Å². The molecule has 2 aromatic carbocycles. The van der Waals surface area contributed by atoms with Crippen LogP contribution in [0.4, 0.5) is 4.39 Å². The third-order valence-corrected chi connectivity index (χ3v) is 5.74. The number of carbonyl (C=O) groups is 1. The molecule has 1 saturated heterocycles. The molecule has 0 bridgehead atoms. The number of hydrogen-bond acceptors (Lipinski definition) is 3.